The van der Waals surface area contributed by atoms with Crippen LogP contribution >= 0.6 is 0 Å². The van der Waals surface area contributed by atoms with E-state index in [1.807, 2.05) is 18.3 Å². The van der Waals surface area contributed by atoms with E-state index >= 15 is 0 Å². The highest BCUT2D eigenvalue weighted by atomic mass is 16.3. The summed E-state index contributed by atoms with van der Waals surface area (Å²) in [5, 5.41) is 7.38. The van der Waals surface area contributed by atoms with Crippen LogP contribution in [0.3, 0.4) is 0 Å². The van der Waals surface area contributed by atoms with Crippen molar-refractivity contribution < 1.29 is 4.42 Å². The highest BCUT2D eigenvalue weighted by Gasteiger charge is 2.22. The number of furan rings is 1. The Morgan fingerprint density at radius 1 is 1.10 bits per heavy atom. The molecule has 2 N–H and O–H groups in total. The highest BCUT2D eigenvalue weighted by Crippen LogP contribution is 2.19. The van der Waals surface area contributed by atoms with Gasteiger partial charge in [-0.15, -0.1) is 0 Å². The van der Waals surface area contributed by atoms with Gasteiger partial charge in [-0.05, 0) is 56.4 Å². The molecule has 6 nitrogen and oxygen atoms in total. The summed E-state index contributed by atoms with van der Waals surface area (Å²) in [5.41, 5.74) is 1.21. The van der Waals surface area contributed by atoms with Crippen LogP contribution in [0, 0.1) is 6.92 Å². The minimum Gasteiger partial charge on any atom is -0.469 e. The predicted octanol–water partition coefficient (Wildman–Crippen LogP) is 3.67. The van der Waals surface area contributed by atoms with Crippen LogP contribution in [-0.2, 0) is 6.42 Å². The molecule has 0 aromatic carbocycles. The molecule has 0 radical (unpaired) electrons. The normalized spacial score (nSPS) is 18.9. The fourth-order valence-electron chi connectivity index (χ4n) is 4.22. The number of pyridine rings is 1. The summed E-state index contributed by atoms with van der Waals surface area (Å²) in [7, 11) is 0. The largest absolute Gasteiger partial charge is 0.469 e. The Morgan fingerprint density at radius 3 is 2.52 bits per heavy atom. The van der Waals surface area contributed by atoms with Gasteiger partial charge in [0.2, 0.25) is 0 Å². The molecular weight excluding hydrogens is 362 g/mol. The number of nitrogens with zero attached hydrogens (tertiary/aromatic N) is 3. The zero-order chi connectivity index (χ0) is 19.9. The van der Waals surface area contributed by atoms with Gasteiger partial charge in [-0.1, -0.05) is 18.9 Å². The maximum atomic E-state index is 5.44. The van der Waals surface area contributed by atoms with Gasteiger partial charge in [0.05, 0.1) is 6.26 Å². The van der Waals surface area contributed by atoms with Crippen molar-refractivity contribution in [3.63, 3.8) is 0 Å². The minimum absolute atomic E-state index is 0.452. The number of anilines is 1. The van der Waals surface area contributed by atoms with Gasteiger partial charge in [0.1, 0.15) is 11.6 Å². The quantitative estimate of drug-likeness (QED) is 0.577. The maximum absolute atomic E-state index is 5.44. The molecule has 0 bridgehead atoms. The summed E-state index contributed by atoms with van der Waals surface area (Å²) >= 11 is 0. The molecule has 0 spiro atoms. The van der Waals surface area contributed by atoms with Gasteiger partial charge in [-0.2, -0.15) is 0 Å². The van der Waals surface area contributed by atoms with Crippen molar-refractivity contribution in [1.82, 2.24) is 15.6 Å². The molecule has 2 aromatic rings. The summed E-state index contributed by atoms with van der Waals surface area (Å²) in [6.07, 6.45) is 11.8. The van der Waals surface area contributed by atoms with Gasteiger partial charge >= 0.3 is 0 Å². The first-order valence-electron chi connectivity index (χ1n) is 11.0. The Kier molecular flexibility index (Phi) is 6.70. The Morgan fingerprint density at radius 2 is 1.86 bits per heavy atom. The Hall–Kier alpha value is -2.50. The van der Waals surface area contributed by atoms with Crippen molar-refractivity contribution in [3.8, 4) is 0 Å². The van der Waals surface area contributed by atoms with E-state index in [0.717, 1.165) is 56.4 Å². The molecule has 0 unspecified atom stereocenters. The van der Waals surface area contributed by atoms with Crippen molar-refractivity contribution in [2.24, 2.45) is 4.99 Å². The van der Waals surface area contributed by atoms with E-state index in [1.54, 1.807) is 6.26 Å². The average molecular weight is 396 g/mol. The molecule has 2 aromatic heterocycles. The third kappa shape index (κ3) is 5.75. The van der Waals surface area contributed by atoms with Gasteiger partial charge in [0, 0.05) is 44.3 Å². The van der Waals surface area contributed by atoms with Crippen molar-refractivity contribution >= 4 is 11.8 Å². The Labute approximate surface area is 173 Å². The number of rotatable bonds is 6. The third-order valence-corrected chi connectivity index (χ3v) is 5.96. The number of aromatic nitrogens is 1. The molecule has 2 aliphatic rings. The van der Waals surface area contributed by atoms with Crippen LogP contribution in [0.5, 0.6) is 0 Å². The molecule has 4 rings (SSSR count). The molecule has 3 heterocycles. The standard InChI is InChI=1S/C23H33N5O/c1-18-8-9-22(25-17-18)28-14-11-20(12-15-28)27-23(26-19-5-2-3-6-19)24-13-10-21-7-4-16-29-21/h4,7-9,16-17,19-20H,2-3,5-6,10-15H2,1H3,(H2,24,26,27). The van der Waals surface area contributed by atoms with E-state index in [9.17, 15) is 0 Å². The second kappa shape index (κ2) is 9.81. The van der Waals surface area contributed by atoms with E-state index in [1.165, 1.54) is 31.2 Å². The number of hydrogen-bond acceptors (Lipinski definition) is 4. The lowest BCUT2D eigenvalue weighted by molar-refractivity contribution is 0.454. The van der Waals surface area contributed by atoms with E-state index in [0.29, 0.717) is 12.1 Å². The Balaban J connectivity index is 1.31. The number of hydrogen-bond donors (Lipinski definition) is 2. The van der Waals surface area contributed by atoms with Crippen LogP contribution in [0.2, 0.25) is 0 Å². The first kappa shape index (κ1) is 19.8. The smallest absolute Gasteiger partial charge is 0.191 e. The predicted molar refractivity (Wildman–Crippen MR) is 117 cm³/mol. The molecular formula is C23H33N5O. The molecule has 156 valence electrons. The van der Waals surface area contributed by atoms with Crippen molar-refractivity contribution in [2.75, 3.05) is 24.5 Å². The van der Waals surface area contributed by atoms with Gasteiger partial charge in [-0.3, -0.25) is 4.99 Å². The first-order valence-corrected chi connectivity index (χ1v) is 11.0. The molecule has 1 saturated heterocycles. The molecule has 6 heteroatoms. The summed E-state index contributed by atoms with van der Waals surface area (Å²) < 4.78 is 5.44. The number of nitrogens with one attached hydrogen (secondary N) is 2. The molecule has 0 amide bonds. The first-order chi connectivity index (χ1) is 14.3. The third-order valence-electron chi connectivity index (χ3n) is 5.96. The number of aliphatic imine (C=N–C) groups is 1. The van der Waals surface area contributed by atoms with Crippen LogP contribution < -0.4 is 15.5 Å². The monoisotopic (exact) mass is 395 g/mol. The zero-order valence-electron chi connectivity index (χ0n) is 17.4. The van der Waals surface area contributed by atoms with Crippen molar-refractivity contribution in [2.45, 2.75) is 64.0 Å². The molecule has 1 aliphatic carbocycles. The van der Waals surface area contributed by atoms with Crippen LogP contribution in [-0.4, -0.2) is 42.7 Å². The van der Waals surface area contributed by atoms with Gasteiger partial charge in [-0.25, -0.2) is 4.98 Å². The van der Waals surface area contributed by atoms with Crippen molar-refractivity contribution in [3.05, 3.63) is 48.0 Å². The van der Waals surface area contributed by atoms with Crippen LogP contribution in [0.4, 0.5) is 5.82 Å². The fourth-order valence-corrected chi connectivity index (χ4v) is 4.22. The topological polar surface area (TPSA) is 65.7 Å². The molecule has 1 saturated carbocycles. The van der Waals surface area contributed by atoms with Crippen molar-refractivity contribution in [1.29, 1.82) is 0 Å². The number of aryl methyl sites for hydroxylation is 1. The number of piperidine rings is 1. The Bertz CT molecular complexity index is 757. The van der Waals surface area contributed by atoms with Crippen LogP contribution in [0.25, 0.3) is 0 Å². The summed E-state index contributed by atoms with van der Waals surface area (Å²) in [4.78, 5) is 11.8. The molecule has 2 fully saturated rings. The van der Waals surface area contributed by atoms with Crippen LogP contribution in [0.1, 0.15) is 49.8 Å². The fraction of sp³-hybridized carbons (Fsp3) is 0.565. The second-order valence-corrected chi connectivity index (χ2v) is 8.28. The minimum atomic E-state index is 0.452. The van der Waals surface area contributed by atoms with E-state index in [2.05, 4.69) is 39.6 Å². The average Bonchev–Trinajstić information content (AvgIpc) is 3.44. The van der Waals surface area contributed by atoms with E-state index in [-0.39, 0.29) is 0 Å². The molecule has 29 heavy (non-hydrogen) atoms. The number of guanidine groups is 1. The van der Waals surface area contributed by atoms with Gasteiger partial charge in [0.15, 0.2) is 5.96 Å². The lowest BCUT2D eigenvalue weighted by Gasteiger charge is -2.34. The summed E-state index contributed by atoms with van der Waals surface area (Å²) in [5.74, 6) is 3.05. The summed E-state index contributed by atoms with van der Waals surface area (Å²) in [6.45, 7) is 4.87. The summed E-state index contributed by atoms with van der Waals surface area (Å²) in [6, 6.07) is 9.23. The lowest BCUT2D eigenvalue weighted by Crippen LogP contribution is -2.50. The molecule has 1 aliphatic heterocycles. The highest BCUT2D eigenvalue weighted by molar-refractivity contribution is 5.80. The SMILES string of the molecule is Cc1ccc(N2CCC(NC(=NCCc3ccco3)NC3CCCC3)CC2)nc1. The maximum Gasteiger partial charge on any atom is 0.191 e. The molecule has 0 atom stereocenters. The zero-order valence-corrected chi connectivity index (χ0v) is 17.4. The second-order valence-electron chi connectivity index (χ2n) is 8.28. The van der Waals surface area contributed by atoms with Crippen LogP contribution in [0.15, 0.2) is 46.1 Å². The van der Waals surface area contributed by atoms with E-state index in [4.69, 9.17) is 9.41 Å². The van der Waals surface area contributed by atoms with Gasteiger partial charge in [0.25, 0.3) is 0 Å². The lowest BCUT2D eigenvalue weighted by atomic mass is 10.1. The van der Waals surface area contributed by atoms with Gasteiger partial charge < -0.3 is 20.0 Å². The van der Waals surface area contributed by atoms with E-state index < -0.39 is 0 Å².